The van der Waals surface area contributed by atoms with E-state index in [1.807, 2.05) is 6.92 Å². The summed E-state index contributed by atoms with van der Waals surface area (Å²) < 4.78 is 0. The fourth-order valence-corrected chi connectivity index (χ4v) is 0. The van der Waals surface area contributed by atoms with Crippen molar-refractivity contribution in [3.05, 3.63) is 6.92 Å². The van der Waals surface area contributed by atoms with E-state index in [4.69, 9.17) is 0 Å². The van der Waals surface area contributed by atoms with Gasteiger partial charge >= 0.3 is 0 Å². The molecule has 25 valence electrons. The van der Waals surface area contributed by atoms with Gasteiger partial charge < -0.3 is 0 Å². The monoisotopic (exact) mass is 95.0 g/mol. The molecule has 0 aromatic rings. The second kappa shape index (κ2) is 9.65. The van der Waals surface area contributed by atoms with Crippen molar-refractivity contribution in [2.75, 3.05) is 0 Å². The maximum Gasteiger partial charge on any atom is 0 e. The minimum absolute atomic E-state index is 0. The van der Waals surface area contributed by atoms with Crippen LogP contribution >= 0.6 is 0 Å². The topological polar surface area (TPSA) is 0 Å². The van der Waals surface area contributed by atoms with Gasteiger partial charge in [0, 0.05) is 17.4 Å². The van der Waals surface area contributed by atoms with E-state index in [2.05, 4.69) is 6.92 Å². The molecule has 0 unspecified atom stereocenters. The van der Waals surface area contributed by atoms with E-state index in [-0.39, 0.29) is 17.4 Å². The van der Waals surface area contributed by atoms with Crippen LogP contribution in [0.3, 0.4) is 0 Å². The van der Waals surface area contributed by atoms with Gasteiger partial charge in [0.1, 0.15) is 0 Å². The first-order valence-corrected chi connectivity index (χ1v) is 1.21. The molecule has 0 saturated heterocycles. The predicted molar refractivity (Wildman–Crippen MR) is 15.6 cm³/mol. The molecule has 0 nitrogen and oxygen atoms in total. The molecular formula is C3H7Cr. The first kappa shape index (κ1) is 8.82. The molecule has 0 spiro atoms. The summed E-state index contributed by atoms with van der Waals surface area (Å²) in [6.45, 7) is 5.50. The molecule has 0 aromatic heterocycles. The molecule has 0 atom stereocenters. The Morgan fingerprint density at radius 2 is 1.75 bits per heavy atom. The summed E-state index contributed by atoms with van der Waals surface area (Å²) in [4.78, 5) is 0. The molecule has 0 aromatic carbocycles. The quantitative estimate of drug-likeness (QED) is 0.424. The first-order chi connectivity index (χ1) is 1.41. The Morgan fingerprint density at radius 1 is 1.75 bits per heavy atom. The van der Waals surface area contributed by atoms with Gasteiger partial charge in [0.2, 0.25) is 0 Å². The van der Waals surface area contributed by atoms with Crippen LogP contribution in [0.4, 0.5) is 0 Å². The minimum Gasteiger partial charge on any atom is -0.0654 e. The summed E-state index contributed by atoms with van der Waals surface area (Å²) in [7, 11) is 0. The van der Waals surface area contributed by atoms with Gasteiger partial charge in [-0.15, -0.1) is 0 Å². The van der Waals surface area contributed by atoms with Crippen molar-refractivity contribution >= 4 is 0 Å². The maximum absolute atomic E-state index is 3.49. The SMILES string of the molecule is [CH2]CC.[Cr]. The largest absolute Gasteiger partial charge is 0.0654 e. The molecule has 0 bridgehead atoms. The van der Waals surface area contributed by atoms with Crippen LogP contribution in [0.1, 0.15) is 13.3 Å². The van der Waals surface area contributed by atoms with Crippen molar-refractivity contribution in [2.24, 2.45) is 0 Å². The Balaban J connectivity index is 0. The van der Waals surface area contributed by atoms with Crippen molar-refractivity contribution in [1.29, 1.82) is 0 Å². The van der Waals surface area contributed by atoms with E-state index in [9.17, 15) is 0 Å². The van der Waals surface area contributed by atoms with Gasteiger partial charge in [-0.1, -0.05) is 20.3 Å². The van der Waals surface area contributed by atoms with Gasteiger partial charge in [0.25, 0.3) is 0 Å². The third-order valence-corrected chi connectivity index (χ3v) is 0. The number of rotatable bonds is 0. The van der Waals surface area contributed by atoms with E-state index >= 15 is 0 Å². The molecule has 0 aliphatic heterocycles. The average molecular weight is 95.1 g/mol. The summed E-state index contributed by atoms with van der Waals surface area (Å²) in [6.07, 6.45) is 1.00. The Hall–Kier alpha value is 0.532. The van der Waals surface area contributed by atoms with Gasteiger partial charge in [-0.3, -0.25) is 0 Å². The normalized spacial score (nSPS) is 4.50. The first-order valence-electron chi connectivity index (χ1n) is 1.21. The molecule has 0 aliphatic rings. The van der Waals surface area contributed by atoms with Crippen LogP contribution in [-0.2, 0) is 17.4 Å². The molecule has 0 fully saturated rings. The summed E-state index contributed by atoms with van der Waals surface area (Å²) in [5, 5.41) is 0. The molecule has 0 N–H and O–H groups in total. The van der Waals surface area contributed by atoms with E-state index in [0.717, 1.165) is 6.42 Å². The molecule has 1 heteroatoms. The number of hydrogen-bond donors (Lipinski definition) is 0. The maximum atomic E-state index is 3.49. The molecule has 1 radical (unpaired) electrons. The zero-order valence-electron chi connectivity index (χ0n) is 2.82. The molecule has 0 aliphatic carbocycles. The van der Waals surface area contributed by atoms with Crippen LogP contribution < -0.4 is 0 Å². The van der Waals surface area contributed by atoms with Crippen molar-refractivity contribution < 1.29 is 17.4 Å². The van der Waals surface area contributed by atoms with Crippen LogP contribution in [-0.4, -0.2) is 0 Å². The third-order valence-electron chi connectivity index (χ3n) is 0. The molecule has 0 heterocycles. The third kappa shape index (κ3) is 21.0. The molecule has 0 rings (SSSR count). The van der Waals surface area contributed by atoms with Crippen molar-refractivity contribution in [1.82, 2.24) is 0 Å². The molecular weight excluding hydrogens is 88.0 g/mol. The van der Waals surface area contributed by atoms with Crippen LogP contribution in [0.15, 0.2) is 0 Å². The average Bonchev–Trinajstić information content (AvgIpc) is 0.918. The predicted octanol–water partition coefficient (Wildman–Crippen LogP) is 1.23. The van der Waals surface area contributed by atoms with Gasteiger partial charge in [0.05, 0.1) is 0 Å². The fraction of sp³-hybridized carbons (Fsp3) is 0.667. The van der Waals surface area contributed by atoms with Crippen molar-refractivity contribution in [3.8, 4) is 0 Å². The van der Waals surface area contributed by atoms with E-state index < -0.39 is 0 Å². The Morgan fingerprint density at radius 3 is 1.75 bits per heavy atom. The molecule has 0 amide bonds. The molecule has 0 saturated carbocycles. The second-order valence-electron chi connectivity index (χ2n) is 0.500. The number of hydrogen-bond acceptors (Lipinski definition) is 0. The van der Waals surface area contributed by atoms with Crippen molar-refractivity contribution in [3.63, 3.8) is 0 Å². The Kier molecular flexibility index (Phi) is 21.3. The van der Waals surface area contributed by atoms with Gasteiger partial charge in [0.15, 0.2) is 0 Å². The van der Waals surface area contributed by atoms with E-state index in [1.165, 1.54) is 0 Å². The minimum atomic E-state index is 0. The molecule has 4 heavy (non-hydrogen) atoms. The fourth-order valence-electron chi connectivity index (χ4n) is 0. The summed E-state index contributed by atoms with van der Waals surface area (Å²) >= 11 is 0. The van der Waals surface area contributed by atoms with Crippen LogP contribution in [0, 0.1) is 6.92 Å². The van der Waals surface area contributed by atoms with Gasteiger partial charge in [-0.25, -0.2) is 0 Å². The smallest absolute Gasteiger partial charge is 0 e. The summed E-state index contributed by atoms with van der Waals surface area (Å²) in [5.74, 6) is 0. The van der Waals surface area contributed by atoms with Crippen LogP contribution in [0.25, 0.3) is 0 Å². The van der Waals surface area contributed by atoms with Crippen LogP contribution in [0.2, 0.25) is 0 Å². The zero-order chi connectivity index (χ0) is 2.71. The van der Waals surface area contributed by atoms with Gasteiger partial charge in [-0.05, 0) is 0 Å². The van der Waals surface area contributed by atoms with Crippen LogP contribution in [0.5, 0.6) is 0 Å². The second-order valence-corrected chi connectivity index (χ2v) is 0.500. The van der Waals surface area contributed by atoms with E-state index in [1.54, 1.807) is 0 Å². The Labute approximate surface area is 38.3 Å². The van der Waals surface area contributed by atoms with E-state index in [0.29, 0.717) is 0 Å². The summed E-state index contributed by atoms with van der Waals surface area (Å²) in [5.41, 5.74) is 0. The summed E-state index contributed by atoms with van der Waals surface area (Å²) in [6, 6.07) is 0. The van der Waals surface area contributed by atoms with Gasteiger partial charge in [-0.2, -0.15) is 0 Å². The zero-order valence-corrected chi connectivity index (χ0v) is 4.10. The standard InChI is InChI=1S/C3H7.Cr/c1-3-2;/h1,3H2,2H3;. The Bertz CT molecular complexity index is 3.25. The van der Waals surface area contributed by atoms with Crippen molar-refractivity contribution in [2.45, 2.75) is 13.3 Å².